The van der Waals surface area contributed by atoms with E-state index < -0.39 is 17.5 Å². The van der Waals surface area contributed by atoms with E-state index in [1.807, 2.05) is 0 Å². The number of nitrogens with zero attached hydrogens (tertiary/aromatic N) is 1. The summed E-state index contributed by atoms with van der Waals surface area (Å²) in [6, 6.07) is 8.97. The fourth-order valence-electron chi connectivity index (χ4n) is 1.80. The summed E-state index contributed by atoms with van der Waals surface area (Å²) in [6.45, 7) is -0.00999. The minimum Gasteiger partial charge on any atom is -0.489 e. The summed E-state index contributed by atoms with van der Waals surface area (Å²) >= 11 is 0. The summed E-state index contributed by atoms with van der Waals surface area (Å²) in [5.41, 5.74) is 0. The molecule has 0 fully saturated rings. The maximum Gasteiger partial charge on any atom is 0.260 e. The van der Waals surface area contributed by atoms with Crippen molar-refractivity contribution in [3.8, 4) is 11.5 Å². The minimum absolute atomic E-state index is 0.0539. The summed E-state index contributed by atoms with van der Waals surface area (Å²) < 4.78 is 49.5. The zero-order valence-corrected chi connectivity index (χ0v) is 13.0. The molecule has 0 radical (unpaired) electrons. The van der Waals surface area contributed by atoms with E-state index in [0.29, 0.717) is 0 Å². The molecule has 24 heavy (non-hydrogen) atoms. The monoisotopic (exact) mass is 339 g/mol. The summed E-state index contributed by atoms with van der Waals surface area (Å²) in [5, 5.41) is 0. The maximum absolute atomic E-state index is 13.4. The lowest BCUT2D eigenvalue weighted by atomic mass is 10.3. The largest absolute Gasteiger partial charge is 0.489 e. The molecular formula is C17H16F3NO3. The predicted octanol–water partition coefficient (Wildman–Crippen LogP) is 3.02. The zero-order chi connectivity index (χ0) is 17.5. The highest BCUT2D eigenvalue weighted by Crippen LogP contribution is 2.16. The molecule has 0 N–H and O–H groups in total. The fourth-order valence-corrected chi connectivity index (χ4v) is 1.80. The van der Waals surface area contributed by atoms with Crippen molar-refractivity contribution in [3.63, 3.8) is 0 Å². The average molecular weight is 339 g/mol. The summed E-state index contributed by atoms with van der Waals surface area (Å²) in [7, 11) is 1.53. The fraction of sp³-hybridized carbons (Fsp3) is 0.235. The topological polar surface area (TPSA) is 38.8 Å². The number of para-hydroxylation sites is 1. The summed E-state index contributed by atoms with van der Waals surface area (Å²) in [6.07, 6.45) is 0. The van der Waals surface area contributed by atoms with Crippen molar-refractivity contribution in [1.82, 2.24) is 4.90 Å². The van der Waals surface area contributed by atoms with Gasteiger partial charge in [-0.1, -0.05) is 12.1 Å². The van der Waals surface area contributed by atoms with E-state index in [1.54, 1.807) is 12.1 Å². The van der Waals surface area contributed by atoms with E-state index in [1.165, 1.54) is 30.1 Å². The van der Waals surface area contributed by atoms with Crippen molar-refractivity contribution < 1.29 is 27.4 Å². The molecular weight excluding hydrogens is 323 g/mol. The van der Waals surface area contributed by atoms with Crippen LogP contribution in [0.4, 0.5) is 13.2 Å². The summed E-state index contributed by atoms with van der Waals surface area (Å²) in [4.78, 5) is 13.2. The third-order valence-corrected chi connectivity index (χ3v) is 3.20. The number of hydrogen-bond acceptors (Lipinski definition) is 3. The number of ether oxygens (including phenoxy) is 2. The number of carbonyl (C=O) groups is 1. The van der Waals surface area contributed by atoms with Crippen LogP contribution >= 0.6 is 0 Å². The van der Waals surface area contributed by atoms with Crippen molar-refractivity contribution >= 4 is 5.91 Å². The molecule has 0 aliphatic heterocycles. The first-order valence-electron chi connectivity index (χ1n) is 7.16. The Morgan fingerprint density at radius 2 is 1.75 bits per heavy atom. The first-order valence-corrected chi connectivity index (χ1v) is 7.16. The van der Waals surface area contributed by atoms with Crippen LogP contribution in [0, 0.1) is 17.5 Å². The smallest absolute Gasteiger partial charge is 0.260 e. The molecule has 0 aromatic heterocycles. The van der Waals surface area contributed by atoms with E-state index >= 15 is 0 Å². The number of carbonyl (C=O) groups excluding carboxylic acids is 1. The van der Waals surface area contributed by atoms with Crippen LogP contribution in [0.15, 0.2) is 42.5 Å². The van der Waals surface area contributed by atoms with Gasteiger partial charge in [-0.2, -0.15) is 0 Å². The van der Waals surface area contributed by atoms with Gasteiger partial charge in [-0.3, -0.25) is 4.79 Å². The van der Waals surface area contributed by atoms with Gasteiger partial charge in [-0.15, -0.1) is 0 Å². The Labute approximate surface area is 137 Å². The molecule has 0 aliphatic carbocycles. The van der Waals surface area contributed by atoms with E-state index in [0.717, 1.165) is 12.1 Å². The van der Waals surface area contributed by atoms with Gasteiger partial charge < -0.3 is 14.4 Å². The third-order valence-electron chi connectivity index (χ3n) is 3.20. The van der Waals surface area contributed by atoms with Crippen LogP contribution in [0.1, 0.15) is 0 Å². The Morgan fingerprint density at radius 1 is 1.00 bits per heavy atom. The third kappa shape index (κ3) is 4.91. The number of rotatable bonds is 7. The Morgan fingerprint density at radius 3 is 2.46 bits per heavy atom. The quantitative estimate of drug-likeness (QED) is 0.778. The van der Waals surface area contributed by atoms with Crippen molar-refractivity contribution in [2.75, 3.05) is 26.8 Å². The number of hydrogen-bond donors (Lipinski definition) is 0. The molecule has 0 saturated carbocycles. The van der Waals surface area contributed by atoms with Crippen LogP contribution in [0.5, 0.6) is 11.5 Å². The average Bonchev–Trinajstić information content (AvgIpc) is 2.57. The van der Waals surface area contributed by atoms with Crippen LogP contribution in [0.2, 0.25) is 0 Å². The van der Waals surface area contributed by atoms with Gasteiger partial charge in [0.15, 0.2) is 29.8 Å². The summed E-state index contributed by atoms with van der Waals surface area (Å²) in [5.74, 6) is -2.73. The molecule has 4 nitrogen and oxygen atoms in total. The second-order valence-corrected chi connectivity index (χ2v) is 4.96. The highest BCUT2D eigenvalue weighted by molar-refractivity contribution is 5.77. The highest BCUT2D eigenvalue weighted by atomic mass is 19.2. The molecule has 0 atom stereocenters. The Bertz CT molecular complexity index is 709. The molecule has 2 rings (SSSR count). The van der Waals surface area contributed by atoms with E-state index in [-0.39, 0.29) is 37.2 Å². The van der Waals surface area contributed by atoms with Crippen LogP contribution in [0.3, 0.4) is 0 Å². The Hall–Kier alpha value is -2.70. The van der Waals surface area contributed by atoms with Crippen molar-refractivity contribution in [2.24, 2.45) is 0 Å². The Kier molecular flexibility index (Phi) is 6.06. The normalized spacial score (nSPS) is 10.3. The molecule has 0 unspecified atom stereocenters. The highest BCUT2D eigenvalue weighted by Gasteiger charge is 2.11. The second-order valence-electron chi connectivity index (χ2n) is 4.96. The first kappa shape index (κ1) is 17.7. The first-order chi connectivity index (χ1) is 11.5. The van der Waals surface area contributed by atoms with Crippen molar-refractivity contribution in [2.45, 2.75) is 0 Å². The number of benzene rings is 2. The van der Waals surface area contributed by atoms with Gasteiger partial charge in [-0.05, 0) is 24.3 Å². The van der Waals surface area contributed by atoms with Crippen molar-refractivity contribution in [3.05, 3.63) is 59.9 Å². The minimum atomic E-state index is -1.05. The molecule has 0 aliphatic rings. The second kappa shape index (κ2) is 8.24. The van der Waals surface area contributed by atoms with E-state index in [4.69, 9.17) is 9.47 Å². The standard InChI is InChI=1S/C17H16F3NO3/c1-21(8-9-23-16-5-3-2-4-14(16)19)17(22)11-24-12-6-7-13(18)15(20)10-12/h2-7,10H,8-9,11H2,1H3. The van der Waals surface area contributed by atoms with E-state index in [2.05, 4.69) is 0 Å². The maximum atomic E-state index is 13.4. The number of halogens is 3. The molecule has 0 bridgehead atoms. The van der Waals surface area contributed by atoms with Gasteiger partial charge in [-0.25, -0.2) is 13.2 Å². The van der Waals surface area contributed by atoms with Gasteiger partial charge >= 0.3 is 0 Å². The number of likely N-dealkylation sites (N-methyl/N-ethyl adjacent to an activating group) is 1. The SMILES string of the molecule is CN(CCOc1ccccc1F)C(=O)COc1ccc(F)c(F)c1. The van der Waals surface area contributed by atoms with Gasteiger partial charge in [0.2, 0.25) is 0 Å². The lowest BCUT2D eigenvalue weighted by Crippen LogP contribution is -2.34. The molecule has 2 aromatic carbocycles. The van der Waals surface area contributed by atoms with Gasteiger partial charge in [0.05, 0.1) is 6.54 Å². The predicted molar refractivity (Wildman–Crippen MR) is 81.4 cm³/mol. The van der Waals surface area contributed by atoms with Crippen LogP contribution in [-0.2, 0) is 4.79 Å². The zero-order valence-electron chi connectivity index (χ0n) is 13.0. The van der Waals surface area contributed by atoms with E-state index in [9.17, 15) is 18.0 Å². The van der Waals surface area contributed by atoms with Crippen LogP contribution < -0.4 is 9.47 Å². The molecule has 7 heteroatoms. The number of amides is 1. The van der Waals surface area contributed by atoms with Crippen LogP contribution in [0.25, 0.3) is 0 Å². The van der Waals surface area contributed by atoms with Crippen molar-refractivity contribution in [1.29, 1.82) is 0 Å². The molecule has 0 saturated heterocycles. The van der Waals surface area contributed by atoms with Gasteiger partial charge in [0.1, 0.15) is 12.4 Å². The lowest BCUT2D eigenvalue weighted by Gasteiger charge is -2.18. The van der Waals surface area contributed by atoms with Gasteiger partial charge in [0, 0.05) is 13.1 Å². The van der Waals surface area contributed by atoms with Gasteiger partial charge in [0.25, 0.3) is 5.91 Å². The molecule has 2 aromatic rings. The van der Waals surface area contributed by atoms with Crippen LogP contribution in [-0.4, -0.2) is 37.6 Å². The molecule has 128 valence electrons. The molecule has 1 amide bonds. The molecule has 0 heterocycles. The lowest BCUT2D eigenvalue weighted by molar-refractivity contribution is -0.132. The Balaban J connectivity index is 1.75. The molecule has 0 spiro atoms.